The van der Waals surface area contributed by atoms with Crippen LogP contribution in [-0.4, -0.2) is 7.05 Å². The predicted molar refractivity (Wildman–Crippen MR) is 74.4 cm³/mol. The highest BCUT2D eigenvalue weighted by atomic mass is 35.5. The molecule has 2 rings (SSSR count). The van der Waals surface area contributed by atoms with E-state index in [1.165, 1.54) is 11.1 Å². The molecule has 0 radical (unpaired) electrons. The maximum absolute atomic E-state index is 5.99. The molecule has 0 saturated carbocycles. The molecule has 0 aliphatic carbocycles. The largest absolute Gasteiger partial charge is 0.313 e. The monoisotopic (exact) mass is 245 g/mol. The van der Waals surface area contributed by atoms with Crippen molar-refractivity contribution in [2.45, 2.75) is 13.0 Å². The van der Waals surface area contributed by atoms with Gasteiger partial charge >= 0.3 is 0 Å². The Morgan fingerprint density at radius 3 is 2.29 bits per heavy atom. The van der Waals surface area contributed by atoms with E-state index in [2.05, 4.69) is 42.6 Å². The summed E-state index contributed by atoms with van der Waals surface area (Å²) in [5.74, 6) is 0. The number of rotatable bonds is 3. The van der Waals surface area contributed by atoms with Crippen molar-refractivity contribution >= 4 is 11.6 Å². The first-order valence-corrected chi connectivity index (χ1v) is 6.11. The molecule has 0 aliphatic rings. The Bertz CT molecular complexity index is 491. The molecule has 1 unspecified atom stereocenters. The summed E-state index contributed by atoms with van der Waals surface area (Å²) in [7, 11) is 1.97. The molecule has 2 heteroatoms. The normalized spacial score (nSPS) is 12.4. The minimum atomic E-state index is 0.378. The van der Waals surface area contributed by atoms with Crippen LogP contribution in [0.2, 0.25) is 5.02 Å². The van der Waals surface area contributed by atoms with Crippen LogP contribution in [0.3, 0.4) is 0 Å². The highest BCUT2D eigenvalue weighted by molar-refractivity contribution is 6.30. The van der Waals surface area contributed by atoms with Gasteiger partial charge < -0.3 is 5.32 Å². The van der Waals surface area contributed by atoms with E-state index in [0.717, 1.165) is 10.6 Å². The van der Waals surface area contributed by atoms with E-state index < -0.39 is 0 Å². The average Bonchev–Trinajstić information content (AvgIpc) is 2.38. The smallest absolute Gasteiger partial charge is 0.0412 e. The summed E-state index contributed by atoms with van der Waals surface area (Å²) >= 11 is 5.99. The standard InChI is InChI=1S/C15H16ClN/c1-11(17-2)12-6-8-13(9-7-12)14-4-3-5-15(16)10-14/h3-11,17H,1-2H3. The van der Waals surface area contributed by atoms with E-state index in [0.29, 0.717) is 6.04 Å². The average molecular weight is 246 g/mol. The molecule has 0 fully saturated rings. The number of hydrogen-bond acceptors (Lipinski definition) is 1. The van der Waals surface area contributed by atoms with Gasteiger partial charge in [-0.3, -0.25) is 0 Å². The number of halogens is 1. The van der Waals surface area contributed by atoms with Crippen molar-refractivity contribution in [3.05, 3.63) is 59.1 Å². The SMILES string of the molecule is CNC(C)c1ccc(-c2cccc(Cl)c2)cc1. The van der Waals surface area contributed by atoms with Crippen LogP contribution in [0.5, 0.6) is 0 Å². The van der Waals surface area contributed by atoms with Crippen molar-refractivity contribution in [2.24, 2.45) is 0 Å². The minimum Gasteiger partial charge on any atom is -0.313 e. The van der Waals surface area contributed by atoms with E-state index in [-0.39, 0.29) is 0 Å². The number of benzene rings is 2. The van der Waals surface area contributed by atoms with E-state index in [4.69, 9.17) is 11.6 Å². The van der Waals surface area contributed by atoms with Gasteiger partial charge in [0.2, 0.25) is 0 Å². The van der Waals surface area contributed by atoms with Gasteiger partial charge in [0.25, 0.3) is 0 Å². The summed E-state index contributed by atoms with van der Waals surface area (Å²) in [5.41, 5.74) is 3.64. The van der Waals surface area contributed by atoms with Crippen molar-refractivity contribution in [3.8, 4) is 11.1 Å². The van der Waals surface area contributed by atoms with Crippen molar-refractivity contribution in [2.75, 3.05) is 7.05 Å². The van der Waals surface area contributed by atoms with Gasteiger partial charge in [-0.2, -0.15) is 0 Å². The molecule has 0 saturated heterocycles. The Labute approximate surface area is 107 Å². The molecule has 0 spiro atoms. The zero-order chi connectivity index (χ0) is 12.3. The second-order valence-corrected chi connectivity index (χ2v) is 4.58. The summed E-state index contributed by atoms with van der Waals surface area (Å²) in [5, 5.41) is 4.00. The number of nitrogens with one attached hydrogen (secondary N) is 1. The fraction of sp³-hybridized carbons (Fsp3) is 0.200. The molecule has 0 amide bonds. The lowest BCUT2D eigenvalue weighted by atomic mass is 10.0. The first-order valence-electron chi connectivity index (χ1n) is 5.74. The van der Waals surface area contributed by atoms with Crippen LogP contribution in [0.4, 0.5) is 0 Å². The molecule has 1 nitrogen and oxygen atoms in total. The maximum Gasteiger partial charge on any atom is 0.0412 e. The Kier molecular flexibility index (Phi) is 3.82. The fourth-order valence-corrected chi connectivity index (χ4v) is 1.99. The lowest BCUT2D eigenvalue weighted by Gasteiger charge is -2.11. The number of hydrogen-bond donors (Lipinski definition) is 1. The van der Waals surface area contributed by atoms with Crippen LogP contribution < -0.4 is 5.32 Å². The molecular weight excluding hydrogens is 230 g/mol. The van der Waals surface area contributed by atoms with Crippen LogP contribution in [0.25, 0.3) is 11.1 Å². The maximum atomic E-state index is 5.99. The van der Waals surface area contributed by atoms with Crippen LogP contribution >= 0.6 is 11.6 Å². The predicted octanol–water partition coefficient (Wildman–Crippen LogP) is 4.29. The van der Waals surface area contributed by atoms with Gasteiger partial charge in [0, 0.05) is 11.1 Å². The highest BCUT2D eigenvalue weighted by Crippen LogP contribution is 2.24. The first-order chi connectivity index (χ1) is 8.20. The quantitative estimate of drug-likeness (QED) is 0.851. The lowest BCUT2D eigenvalue weighted by molar-refractivity contribution is 0.652. The molecule has 2 aromatic rings. The zero-order valence-corrected chi connectivity index (χ0v) is 10.8. The lowest BCUT2D eigenvalue weighted by Crippen LogP contribution is -2.11. The summed E-state index contributed by atoms with van der Waals surface area (Å²) in [6, 6.07) is 16.9. The second kappa shape index (κ2) is 5.35. The first kappa shape index (κ1) is 12.2. The Balaban J connectivity index is 2.29. The summed E-state index contributed by atoms with van der Waals surface area (Å²) < 4.78 is 0. The van der Waals surface area contributed by atoms with Crippen LogP contribution in [0, 0.1) is 0 Å². The molecule has 2 aromatic carbocycles. The molecule has 0 bridgehead atoms. The Morgan fingerprint density at radius 1 is 1.00 bits per heavy atom. The van der Waals surface area contributed by atoms with E-state index >= 15 is 0 Å². The van der Waals surface area contributed by atoms with Crippen LogP contribution in [-0.2, 0) is 0 Å². The van der Waals surface area contributed by atoms with Gasteiger partial charge in [0.1, 0.15) is 0 Å². The highest BCUT2D eigenvalue weighted by Gasteiger charge is 2.03. The molecular formula is C15H16ClN. The van der Waals surface area contributed by atoms with E-state index in [1.807, 2.05) is 25.2 Å². The van der Waals surface area contributed by atoms with Crippen molar-refractivity contribution in [1.29, 1.82) is 0 Å². The fourth-order valence-electron chi connectivity index (χ4n) is 1.80. The molecule has 1 atom stereocenters. The van der Waals surface area contributed by atoms with Gasteiger partial charge in [0.05, 0.1) is 0 Å². The zero-order valence-electron chi connectivity index (χ0n) is 10.1. The molecule has 88 valence electrons. The minimum absolute atomic E-state index is 0.378. The van der Waals surface area contributed by atoms with Crippen molar-refractivity contribution < 1.29 is 0 Å². The van der Waals surface area contributed by atoms with Crippen molar-refractivity contribution in [1.82, 2.24) is 5.32 Å². The molecule has 0 aliphatic heterocycles. The summed E-state index contributed by atoms with van der Waals surface area (Å²) in [6.07, 6.45) is 0. The molecule has 0 heterocycles. The molecule has 17 heavy (non-hydrogen) atoms. The topological polar surface area (TPSA) is 12.0 Å². The van der Waals surface area contributed by atoms with Gasteiger partial charge in [-0.15, -0.1) is 0 Å². The third kappa shape index (κ3) is 2.87. The van der Waals surface area contributed by atoms with Crippen LogP contribution in [0.15, 0.2) is 48.5 Å². The van der Waals surface area contributed by atoms with Gasteiger partial charge in [0.15, 0.2) is 0 Å². The molecule has 1 N–H and O–H groups in total. The third-order valence-corrected chi connectivity index (χ3v) is 3.24. The van der Waals surface area contributed by atoms with Gasteiger partial charge in [-0.25, -0.2) is 0 Å². The van der Waals surface area contributed by atoms with E-state index in [9.17, 15) is 0 Å². The van der Waals surface area contributed by atoms with E-state index in [1.54, 1.807) is 0 Å². The van der Waals surface area contributed by atoms with Crippen molar-refractivity contribution in [3.63, 3.8) is 0 Å². The Morgan fingerprint density at radius 2 is 1.71 bits per heavy atom. The summed E-state index contributed by atoms with van der Waals surface area (Å²) in [4.78, 5) is 0. The van der Waals surface area contributed by atoms with Gasteiger partial charge in [-0.1, -0.05) is 48.0 Å². The third-order valence-electron chi connectivity index (χ3n) is 3.00. The van der Waals surface area contributed by atoms with Crippen LogP contribution in [0.1, 0.15) is 18.5 Å². The summed E-state index contributed by atoms with van der Waals surface area (Å²) in [6.45, 7) is 2.15. The Hall–Kier alpha value is -1.31. The van der Waals surface area contributed by atoms with Gasteiger partial charge in [-0.05, 0) is 42.8 Å². The second-order valence-electron chi connectivity index (χ2n) is 4.14. The molecule has 0 aromatic heterocycles.